The van der Waals surface area contributed by atoms with Gasteiger partial charge in [-0.1, -0.05) is 20.8 Å². The first-order valence-corrected chi connectivity index (χ1v) is 5.24. The maximum absolute atomic E-state index is 5.08. The fourth-order valence-electron chi connectivity index (χ4n) is 1.06. The van der Waals surface area contributed by atoms with Crippen LogP contribution < -0.4 is 5.32 Å². The lowest BCUT2D eigenvalue weighted by Crippen LogP contribution is -2.35. The van der Waals surface area contributed by atoms with Gasteiger partial charge in [-0.05, 0) is 25.2 Å². The summed E-state index contributed by atoms with van der Waals surface area (Å²) in [6, 6.07) is 0.627. The molecule has 13 heavy (non-hydrogen) atoms. The van der Waals surface area contributed by atoms with Crippen molar-refractivity contribution in [2.45, 2.75) is 46.6 Å². The van der Waals surface area contributed by atoms with Gasteiger partial charge in [0.15, 0.2) is 0 Å². The van der Waals surface area contributed by atoms with E-state index >= 15 is 0 Å². The molecule has 0 radical (unpaired) electrons. The minimum absolute atomic E-state index is 0.347. The monoisotopic (exact) mass is 187 g/mol. The van der Waals surface area contributed by atoms with E-state index < -0.39 is 0 Å². The molecule has 1 unspecified atom stereocenters. The van der Waals surface area contributed by atoms with Crippen LogP contribution >= 0.6 is 0 Å². The summed E-state index contributed by atoms with van der Waals surface area (Å²) < 4.78 is 5.08. The molecule has 0 aliphatic carbocycles. The van der Waals surface area contributed by atoms with Crippen molar-refractivity contribution in [3.05, 3.63) is 0 Å². The maximum Gasteiger partial charge on any atom is 0.0467 e. The fraction of sp³-hybridized carbons (Fsp3) is 1.00. The van der Waals surface area contributed by atoms with Gasteiger partial charge >= 0.3 is 0 Å². The Labute approximate surface area is 83.1 Å². The van der Waals surface area contributed by atoms with E-state index in [9.17, 15) is 0 Å². The van der Waals surface area contributed by atoms with Crippen molar-refractivity contribution in [1.29, 1.82) is 0 Å². The molecule has 2 heteroatoms. The van der Waals surface area contributed by atoms with Crippen LogP contribution in [-0.4, -0.2) is 26.3 Å². The van der Waals surface area contributed by atoms with Crippen molar-refractivity contribution in [2.24, 2.45) is 5.41 Å². The molecule has 80 valence electrons. The number of hydrogen-bond donors (Lipinski definition) is 1. The van der Waals surface area contributed by atoms with Gasteiger partial charge in [-0.2, -0.15) is 0 Å². The summed E-state index contributed by atoms with van der Waals surface area (Å²) in [5.41, 5.74) is 0.347. The van der Waals surface area contributed by atoms with Crippen LogP contribution in [0.4, 0.5) is 0 Å². The Kier molecular flexibility index (Phi) is 6.35. The van der Waals surface area contributed by atoms with Crippen molar-refractivity contribution >= 4 is 0 Å². The second-order valence-corrected chi connectivity index (χ2v) is 4.60. The molecular weight excluding hydrogens is 162 g/mol. The third-order valence-corrected chi connectivity index (χ3v) is 2.52. The van der Waals surface area contributed by atoms with E-state index in [1.165, 1.54) is 6.42 Å². The average molecular weight is 187 g/mol. The Morgan fingerprint density at radius 1 is 1.38 bits per heavy atom. The molecular formula is C11H25NO. The molecule has 0 spiro atoms. The second-order valence-electron chi connectivity index (χ2n) is 4.60. The summed E-state index contributed by atoms with van der Waals surface area (Å²) in [5.74, 6) is 0. The summed E-state index contributed by atoms with van der Waals surface area (Å²) in [6.07, 6.45) is 2.31. The van der Waals surface area contributed by atoms with Gasteiger partial charge in [0.25, 0.3) is 0 Å². The second kappa shape index (κ2) is 6.39. The quantitative estimate of drug-likeness (QED) is 0.661. The van der Waals surface area contributed by atoms with E-state index in [-0.39, 0.29) is 0 Å². The van der Waals surface area contributed by atoms with Crippen molar-refractivity contribution < 1.29 is 4.74 Å². The van der Waals surface area contributed by atoms with E-state index in [2.05, 4.69) is 33.0 Å². The molecule has 1 N–H and O–H groups in total. The third kappa shape index (κ3) is 7.03. The lowest BCUT2D eigenvalue weighted by atomic mass is 9.89. The molecule has 0 amide bonds. The Balaban J connectivity index is 3.61. The molecule has 0 bridgehead atoms. The molecule has 0 aliphatic rings. The van der Waals surface area contributed by atoms with Crippen LogP contribution in [0.3, 0.4) is 0 Å². The third-order valence-electron chi connectivity index (χ3n) is 2.52. The van der Waals surface area contributed by atoms with Crippen molar-refractivity contribution in [3.8, 4) is 0 Å². The molecule has 0 rings (SSSR count). The van der Waals surface area contributed by atoms with E-state index in [4.69, 9.17) is 4.74 Å². The molecule has 0 heterocycles. The highest BCUT2D eigenvalue weighted by Gasteiger charge is 2.17. The van der Waals surface area contributed by atoms with Crippen LogP contribution in [0.15, 0.2) is 0 Å². The Bertz CT molecular complexity index is 123. The smallest absolute Gasteiger partial charge is 0.0467 e. The summed E-state index contributed by atoms with van der Waals surface area (Å²) in [6.45, 7) is 10.9. The zero-order valence-electron chi connectivity index (χ0n) is 9.81. The van der Waals surface area contributed by atoms with Gasteiger partial charge in [0, 0.05) is 26.3 Å². The van der Waals surface area contributed by atoms with E-state index in [0.717, 1.165) is 19.6 Å². The lowest BCUT2D eigenvalue weighted by Gasteiger charge is -2.26. The fourth-order valence-corrected chi connectivity index (χ4v) is 1.06. The SMILES string of the molecule is CCC(C)NCC(C)(C)CCOC. The van der Waals surface area contributed by atoms with Crippen LogP contribution in [0.25, 0.3) is 0 Å². The van der Waals surface area contributed by atoms with Crippen LogP contribution in [0, 0.1) is 5.41 Å². The normalized spacial score (nSPS) is 14.5. The van der Waals surface area contributed by atoms with Crippen LogP contribution in [0.2, 0.25) is 0 Å². The largest absolute Gasteiger partial charge is 0.385 e. The standard InChI is InChI=1S/C11H25NO/c1-6-10(2)12-9-11(3,4)7-8-13-5/h10,12H,6-9H2,1-5H3. The summed E-state index contributed by atoms with van der Waals surface area (Å²) in [4.78, 5) is 0. The van der Waals surface area contributed by atoms with Gasteiger partial charge in [-0.3, -0.25) is 0 Å². The molecule has 0 fully saturated rings. The maximum atomic E-state index is 5.08. The van der Waals surface area contributed by atoms with Gasteiger partial charge in [0.2, 0.25) is 0 Å². The van der Waals surface area contributed by atoms with Gasteiger partial charge in [-0.15, -0.1) is 0 Å². The molecule has 0 aromatic rings. The molecule has 2 nitrogen and oxygen atoms in total. The topological polar surface area (TPSA) is 21.3 Å². The zero-order chi connectivity index (χ0) is 10.3. The van der Waals surface area contributed by atoms with Crippen LogP contribution in [0.5, 0.6) is 0 Å². The van der Waals surface area contributed by atoms with E-state index in [1.54, 1.807) is 7.11 Å². The highest BCUT2D eigenvalue weighted by Crippen LogP contribution is 2.18. The van der Waals surface area contributed by atoms with Gasteiger partial charge < -0.3 is 10.1 Å². The van der Waals surface area contributed by atoms with Gasteiger partial charge in [-0.25, -0.2) is 0 Å². The molecule has 0 aromatic carbocycles. The zero-order valence-corrected chi connectivity index (χ0v) is 9.81. The van der Waals surface area contributed by atoms with E-state index in [0.29, 0.717) is 11.5 Å². The number of hydrogen-bond acceptors (Lipinski definition) is 2. The summed E-state index contributed by atoms with van der Waals surface area (Å²) in [7, 11) is 1.76. The minimum Gasteiger partial charge on any atom is -0.385 e. The summed E-state index contributed by atoms with van der Waals surface area (Å²) >= 11 is 0. The first kappa shape index (κ1) is 12.9. The molecule has 0 saturated carbocycles. The number of nitrogens with one attached hydrogen (secondary N) is 1. The van der Waals surface area contributed by atoms with Crippen molar-refractivity contribution in [1.82, 2.24) is 5.32 Å². The predicted molar refractivity (Wildman–Crippen MR) is 58.0 cm³/mol. The number of methoxy groups -OCH3 is 1. The number of rotatable bonds is 7. The Morgan fingerprint density at radius 3 is 2.46 bits per heavy atom. The van der Waals surface area contributed by atoms with Crippen molar-refractivity contribution in [3.63, 3.8) is 0 Å². The molecule has 0 aliphatic heterocycles. The van der Waals surface area contributed by atoms with Crippen LogP contribution in [0.1, 0.15) is 40.5 Å². The predicted octanol–water partition coefficient (Wildman–Crippen LogP) is 2.44. The molecule has 0 saturated heterocycles. The van der Waals surface area contributed by atoms with Crippen LogP contribution in [-0.2, 0) is 4.74 Å². The van der Waals surface area contributed by atoms with Gasteiger partial charge in [0.1, 0.15) is 0 Å². The minimum atomic E-state index is 0.347. The highest BCUT2D eigenvalue weighted by molar-refractivity contribution is 4.73. The molecule has 1 atom stereocenters. The highest BCUT2D eigenvalue weighted by atomic mass is 16.5. The number of ether oxygens (including phenoxy) is 1. The average Bonchev–Trinajstić information content (AvgIpc) is 2.11. The summed E-state index contributed by atoms with van der Waals surface area (Å²) in [5, 5.41) is 3.53. The van der Waals surface area contributed by atoms with Gasteiger partial charge in [0.05, 0.1) is 0 Å². The Hall–Kier alpha value is -0.0800. The first-order chi connectivity index (χ1) is 6.02. The Morgan fingerprint density at radius 2 is 2.00 bits per heavy atom. The van der Waals surface area contributed by atoms with E-state index in [1.807, 2.05) is 0 Å². The lowest BCUT2D eigenvalue weighted by molar-refractivity contribution is 0.149. The van der Waals surface area contributed by atoms with Crippen molar-refractivity contribution in [2.75, 3.05) is 20.3 Å². The first-order valence-electron chi connectivity index (χ1n) is 5.24. The molecule has 0 aromatic heterocycles.